The Morgan fingerprint density at radius 3 is 2.33 bits per heavy atom. The maximum absolute atomic E-state index is 9.93. The third kappa shape index (κ3) is 2.70. The van der Waals surface area contributed by atoms with Crippen molar-refractivity contribution in [3.8, 4) is 16.9 Å². The van der Waals surface area contributed by atoms with Crippen molar-refractivity contribution in [3.63, 3.8) is 0 Å². The highest BCUT2D eigenvalue weighted by Crippen LogP contribution is 2.44. The van der Waals surface area contributed by atoms with E-state index in [1.165, 1.54) is 10.1 Å². The lowest BCUT2D eigenvalue weighted by molar-refractivity contribution is 0.474. The highest BCUT2D eigenvalue weighted by molar-refractivity contribution is 7.23. The van der Waals surface area contributed by atoms with Gasteiger partial charge in [-0.15, -0.1) is 11.3 Å². The summed E-state index contributed by atoms with van der Waals surface area (Å²) in [4.78, 5) is 4.68. The van der Waals surface area contributed by atoms with Gasteiger partial charge in [0.15, 0.2) is 0 Å². The number of hydrogen-bond donors (Lipinski definition) is 1. The highest BCUT2D eigenvalue weighted by atomic mass is 32.1. The first-order valence-electron chi connectivity index (χ1n) is 7.72. The van der Waals surface area contributed by atoms with Crippen LogP contribution < -0.4 is 0 Å². The van der Waals surface area contributed by atoms with Gasteiger partial charge in [-0.25, -0.2) is 4.99 Å². The van der Waals surface area contributed by atoms with Crippen molar-refractivity contribution >= 4 is 32.6 Å². The van der Waals surface area contributed by atoms with Crippen LogP contribution >= 0.6 is 11.3 Å². The van der Waals surface area contributed by atoms with E-state index in [4.69, 9.17) is 0 Å². The maximum Gasteiger partial charge on any atom is 0.125 e. The molecule has 0 saturated carbocycles. The van der Waals surface area contributed by atoms with Gasteiger partial charge in [0.1, 0.15) is 10.8 Å². The summed E-state index contributed by atoms with van der Waals surface area (Å²) in [5.41, 5.74) is 3.01. The monoisotopic (exact) mass is 329 g/mol. The van der Waals surface area contributed by atoms with Crippen LogP contribution in [0.1, 0.15) is 5.56 Å². The molecule has 0 fully saturated rings. The van der Waals surface area contributed by atoms with Gasteiger partial charge < -0.3 is 5.11 Å². The molecular weight excluding hydrogens is 314 g/mol. The van der Waals surface area contributed by atoms with Crippen molar-refractivity contribution in [2.45, 2.75) is 0 Å². The minimum absolute atomic E-state index is 0.239. The Balaban J connectivity index is 1.88. The molecule has 3 aromatic carbocycles. The van der Waals surface area contributed by atoms with Crippen LogP contribution in [0.5, 0.6) is 5.75 Å². The number of rotatable bonds is 3. The molecule has 1 aromatic heterocycles. The van der Waals surface area contributed by atoms with Gasteiger partial charge in [0.05, 0.1) is 0 Å². The predicted molar refractivity (Wildman–Crippen MR) is 103 cm³/mol. The Kier molecular flexibility index (Phi) is 3.85. The summed E-state index contributed by atoms with van der Waals surface area (Å²) >= 11 is 1.66. The summed E-state index contributed by atoms with van der Waals surface area (Å²) in [7, 11) is 0. The van der Waals surface area contributed by atoms with Crippen LogP contribution in [0.2, 0.25) is 0 Å². The zero-order valence-corrected chi connectivity index (χ0v) is 13.7. The Labute approximate surface area is 144 Å². The van der Waals surface area contributed by atoms with Crippen LogP contribution in [0, 0.1) is 0 Å². The zero-order chi connectivity index (χ0) is 16.4. The molecule has 0 amide bonds. The molecular formula is C21H15NOS. The average Bonchev–Trinajstić information content (AvgIpc) is 3.00. The topological polar surface area (TPSA) is 32.6 Å². The number of nitrogens with zero attached hydrogens (tertiary/aromatic N) is 1. The van der Waals surface area contributed by atoms with Gasteiger partial charge in [-0.1, -0.05) is 60.7 Å². The fourth-order valence-electron chi connectivity index (χ4n) is 2.73. The predicted octanol–water partition coefficient (Wildman–Crippen LogP) is 6.02. The van der Waals surface area contributed by atoms with E-state index < -0.39 is 0 Å². The number of hydrogen-bond acceptors (Lipinski definition) is 3. The minimum atomic E-state index is 0.239. The molecule has 0 aliphatic carbocycles. The number of phenols is 1. The van der Waals surface area contributed by atoms with Gasteiger partial charge in [0.2, 0.25) is 0 Å². The van der Waals surface area contributed by atoms with Crippen LogP contribution in [0.25, 0.3) is 21.2 Å². The lowest BCUT2D eigenvalue weighted by Crippen LogP contribution is -1.81. The molecule has 0 saturated heterocycles. The molecule has 0 bridgehead atoms. The van der Waals surface area contributed by atoms with Gasteiger partial charge in [-0.2, -0.15) is 0 Å². The van der Waals surface area contributed by atoms with E-state index in [1.807, 2.05) is 42.5 Å². The van der Waals surface area contributed by atoms with E-state index in [0.29, 0.717) is 5.56 Å². The van der Waals surface area contributed by atoms with Crippen molar-refractivity contribution in [1.82, 2.24) is 0 Å². The normalized spacial score (nSPS) is 11.3. The van der Waals surface area contributed by atoms with Crippen LogP contribution in [-0.4, -0.2) is 11.3 Å². The van der Waals surface area contributed by atoms with E-state index in [9.17, 15) is 5.11 Å². The lowest BCUT2D eigenvalue weighted by Gasteiger charge is -2.02. The van der Waals surface area contributed by atoms with Crippen LogP contribution in [0.4, 0.5) is 5.00 Å². The number of phenolic OH excluding ortho intramolecular Hbond substituents is 1. The summed E-state index contributed by atoms with van der Waals surface area (Å²) in [6.07, 6.45) is 1.73. The van der Waals surface area contributed by atoms with Crippen LogP contribution in [0.15, 0.2) is 83.9 Å². The first-order valence-corrected chi connectivity index (χ1v) is 8.53. The van der Waals surface area contributed by atoms with E-state index >= 15 is 0 Å². The molecule has 0 spiro atoms. The van der Waals surface area contributed by atoms with Crippen molar-refractivity contribution < 1.29 is 5.11 Å². The van der Waals surface area contributed by atoms with Crippen molar-refractivity contribution in [1.29, 1.82) is 0 Å². The second-order valence-electron chi connectivity index (χ2n) is 5.46. The zero-order valence-electron chi connectivity index (χ0n) is 12.9. The fourth-order valence-corrected chi connectivity index (χ4v) is 3.80. The van der Waals surface area contributed by atoms with Crippen LogP contribution in [-0.2, 0) is 0 Å². The highest BCUT2D eigenvalue weighted by Gasteiger charge is 2.12. The minimum Gasteiger partial charge on any atom is -0.507 e. The molecule has 0 atom stereocenters. The second kappa shape index (κ2) is 6.30. The quantitative estimate of drug-likeness (QED) is 0.458. The Morgan fingerprint density at radius 1 is 0.792 bits per heavy atom. The summed E-state index contributed by atoms with van der Waals surface area (Å²) in [6.45, 7) is 0. The van der Waals surface area contributed by atoms with Gasteiger partial charge >= 0.3 is 0 Å². The smallest absolute Gasteiger partial charge is 0.125 e. The van der Waals surface area contributed by atoms with Gasteiger partial charge in [-0.05, 0) is 23.8 Å². The molecule has 24 heavy (non-hydrogen) atoms. The number of thiophene rings is 1. The van der Waals surface area contributed by atoms with E-state index in [0.717, 1.165) is 16.1 Å². The molecule has 0 radical (unpaired) electrons. The Morgan fingerprint density at radius 2 is 1.50 bits per heavy atom. The number of fused-ring (bicyclic) bond motifs is 1. The summed E-state index contributed by atoms with van der Waals surface area (Å²) < 4.78 is 1.21. The molecule has 116 valence electrons. The van der Waals surface area contributed by atoms with E-state index in [-0.39, 0.29) is 5.75 Å². The Hall–Kier alpha value is -2.91. The number of para-hydroxylation sites is 1. The number of benzene rings is 3. The van der Waals surface area contributed by atoms with Gasteiger partial charge in [0, 0.05) is 27.4 Å². The van der Waals surface area contributed by atoms with Crippen molar-refractivity contribution in [2.24, 2.45) is 4.99 Å². The van der Waals surface area contributed by atoms with E-state index in [1.54, 1.807) is 23.6 Å². The van der Waals surface area contributed by atoms with Crippen LogP contribution in [0.3, 0.4) is 0 Å². The lowest BCUT2D eigenvalue weighted by atomic mass is 10.0. The molecule has 0 unspecified atom stereocenters. The largest absolute Gasteiger partial charge is 0.507 e. The molecule has 1 heterocycles. The summed E-state index contributed by atoms with van der Waals surface area (Å²) in [5.74, 6) is 0.239. The fraction of sp³-hybridized carbons (Fsp3) is 0. The SMILES string of the molecule is Oc1ccccc1/C=N/c1sc2ccccc2c1-c1ccccc1. The third-order valence-electron chi connectivity index (χ3n) is 3.90. The average molecular weight is 329 g/mol. The van der Waals surface area contributed by atoms with Crippen molar-refractivity contribution in [3.05, 3.63) is 84.4 Å². The molecule has 3 heteroatoms. The second-order valence-corrected chi connectivity index (χ2v) is 6.49. The molecule has 4 aromatic rings. The molecule has 0 aliphatic heterocycles. The van der Waals surface area contributed by atoms with Gasteiger partial charge in [-0.3, -0.25) is 0 Å². The van der Waals surface area contributed by atoms with E-state index in [2.05, 4.69) is 35.3 Å². The molecule has 1 N–H and O–H groups in total. The molecule has 4 rings (SSSR count). The molecule has 0 aliphatic rings. The number of aromatic hydroxyl groups is 1. The molecule has 2 nitrogen and oxygen atoms in total. The Bertz CT molecular complexity index is 1020. The van der Waals surface area contributed by atoms with Crippen molar-refractivity contribution in [2.75, 3.05) is 0 Å². The van der Waals surface area contributed by atoms with Gasteiger partial charge in [0.25, 0.3) is 0 Å². The first-order chi connectivity index (χ1) is 11.8. The number of aliphatic imine (C=N–C) groups is 1. The maximum atomic E-state index is 9.93. The first kappa shape index (κ1) is 14.7. The third-order valence-corrected chi connectivity index (χ3v) is 4.98. The summed E-state index contributed by atoms with van der Waals surface area (Å²) in [5, 5.41) is 12.1. The summed E-state index contributed by atoms with van der Waals surface area (Å²) in [6, 6.07) is 25.9. The standard InChI is InChI=1S/C21H15NOS/c23-18-12-6-4-10-16(18)14-22-21-20(15-8-2-1-3-9-15)17-11-5-7-13-19(17)24-21/h1-14,23H/b22-14+.